The van der Waals surface area contributed by atoms with Crippen molar-refractivity contribution in [1.29, 1.82) is 0 Å². The van der Waals surface area contributed by atoms with Crippen molar-refractivity contribution in [2.24, 2.45) is 5.41 Å². The van der Waals surface area contributed by atoms with Gasteiger partial charge in [-0.15, -0.1) is 0 Å². The normalized spacial score (nSPS) is 22.9. The molecule has 2 aromatic heterocycles. The van der Waals surface area contributed by atoms with Crippen LogP contribution >= 0.6 is 0 Å². The minimum absolute atomic E-state index is 0.0268. The van der Waals surface area contributed by atoms with E-state index in [2.05, 4.69) is 16.0 Å². The van der Waals surface area contributed by atoms with E-state index in [4.69, 9.17) is 5.10 Å². The summed E-state index contributed by atoms with van der Waals surface area (Å²) >= 11 is 0. The van der Waals surface area contributed by atoms with Crippen molar-refractivity contribution in [1.82, 2.24) is 24.6 Å². The second kappa shape index (κ2) is 14.6. The molecule has 3 atom stereocenters. The zero-order valence-corrected chi connectivity index (χ0v) is 30.3. The molecule has 270 valence electrons. The van der Waals surface area contributed by atoms with Gasteiger partial charge in [-0.3, -0.25) is 23.9 Å². The van der Waals surface area contributed by atoms with Crippen LogP contribution in [0.5, 0.6) is 0 Å². The topological polar surface area (TPSA) is 115 Å². The summed E-state index contributed by atoms with van der Waals surface area (Å²) in [4.78, 5) is 64.9. The molecular weight excluding hydrogens is 657 g/mol. The second-order valence-electron chi connectivity index (χ2n) is 15.0. The van der Waals surface area contributed by atoms with Crippen molar-refractivity contribution in [2.75, 3.05) is 0 Å². The number of nitrogens with zero attached hydrogens (tertiary/aromatic N) is 5. The average Bonchev–Trinajstić information content (AvgIpc) is 3.55. The molecule has 0 spiro atoms. The first-order valence-corrected chi connectivity index (χ1v) is 18.6. The number of amides is 1. The zero-order valence-electron chi connectivity index (χ0n) is 30.3. The third-order valence-electron chi connectivity index (χ3n) is 11.5. The number of allylic oxidation sites excluding steroid dienone is 2. The van der Waals surface area contributed by atoms with E-state index in [1.54, 1.807) is 28.9 Å². The van der Waals surface area contributed by atoms with E-state index >= 15 is 4.39 Å². The molecule has 52 heavy (non-hydrogen) atoms. The molecule has 0 radical (unpaired) electrons. The predicted molar refractivity (Wildman–Crippen MR) is 197 cm³/mol. The molecule has 0 N–H and O–H groups in total. The van der Waals surface area contributed by atoms with Crippen LogP contribution in [0.2, 0.25) is 0 Å². The number of carbonyl (C=O) groups excluding carboxylic acids is 4. The van der Waals surface area contributed by atoms with Crippen molar-refractivity contribution in [2.45, 2.75) is 116 Å². The summed E-state index contributed by atoms with van der Waals surface area (Å²) in [5, 5.41) is 5.42. The maximum absolute atomic E-state index is 15.4. The van der Waals surface area contributed by atoms with Crippen molar-refractivity contribution in [3.8, 4) is 11.1 Å². The van der Waals surface area contributed by atoms with Gasteiger partial charge in [0, 0.05) is 62.0 Å². The minimum Gasteiger partial charge on any atom is -0.327 e. The minimum atomic E-state index is -0.702. The number of halogens is 1. The van der Waals surface area contributed by atoms with Crippen molar-refractivity contribution in [3.05, 3.63) is 83.3 Å². The summed E-state index contributed by atoms with van der Waals surface area (Å²) in [5.41, 5.74) is 4.65. The summed E-state index contributed by atoms with van der Waals surface area (Å²) in [5.74, 6) is -0.0834. The highest BCUT2D eigenvalue weighted by Gasteiger charge is 2.66. The van der Waals surface area contributed by atoms with Crippen LogP contribution in [0.4, 0.5) is 4.39 Å². The van der Waals surface area contributed by atoms with Gasteiger partial charge in [0.2, 0.25) is 5.91 Å². The van der Waals surface area contributed by atoms with E-state index in [1.165, 1.54) is 6.92 Å². The number of aromatic nitrogens is 4. The second-order valence-corrected chi connectivity index (χ2v) is 15.0. The Morgan fingerprint density at radius 3 is 2.37 bits per heavy atom. The van der Waals surface area contributed by atoms with Gasteiger partial charge in [-0.2, -0.15) is 5.10 Å². The molecule has 2 fully saturated rings. The molecule has 1 aliphatic carbocycles. The number of aryl methyl sites for hydroxylation is 2. The van der Waals surface area contributed by atoms with Crippen LogP contribution in [-0.4, -0.2) is 60.0 Å². The number of Topliss-reactive ketones (excluding diaryl/α,β-unsaturated/α-hetero) is 3. The highest BCUT2D eigenvalue weighted by atomic mass is 19.1. The monoisotopic (exact) mass is 703 g/mol. The van der Waals surface area contributed by atoms with E-state index in [0.717, 1.165) is 59.9 Å². The van der Waals surface area contributed by atoms with Gasteiger partial charge >= 0.3 is 0 Å². The highest BCUT2D eigenvalue weighted by Crippen LogP contribution is 2.62. The van der Waals surface area contributed by atoms with Crippen molar-refractivity contribution < 1.29 is 23.6 Å². The lowest BCUT2D eigenvalue weighted by Crippen LogP contribution is -2.44. The van der Waals surface area contributed by atoms with Crippen LogP contribution < -0.4 is 0 Å². The van der Waals surface area contributed by atoms with Gasteiger partial charge in [0.05, 0.1) is 11.6 Å². The molecule has 4 heterocycles. The number of carbonyl (C=O) groups is 4. The number of hydrogen-bond donors (Lipinski definition) is 0. The highest BCUT2D eigenvalue weighted by molar-refractivity contribution is 6.07. The molecule has 1 saturated heterocycles. The summed E-state index contributed by atoms with van der Waals surface area (Å²) in [7, 11) is 0. The third-order valence-corrected chi connectivity index (χ3v) is 11.5. The molecular formula is C42H46FN5O4. The summed E-state index contributed by atoms with van der Waals surface area (Å²) in [6.07, 6.45) is 10.6. The SMILES string of the molecule is CC(=O)c1nn2c3c(cc(-c4cnc(C)nc4)cc13)CCCCCCC(=O)CC[C@@]13C[C@@H](C(=O)CC/C(F)=C(/C)c4ccccc4)N(C(=O)C2)[C@@H]1C3. The number of piperidine rings is 1. The van der Waals surface area contributed by atoms with Crippen LogP contribution in [0, 0.1) is 12.3 Å². The standard InChI is InChI=1S/C42H46FN5O4/c1-26(29-11-8-6-9-12-29)35(43)15-16-37(51)36-21-42-18-17-33(50)14-10-5-4-7-13-30-19-31(32-23-44-28(3)45-24-32)20-34-40(27(2)49)46-47(41(30)34)25-39(52)48(36)38(42)22-42/h6,8-9,11-12,19-20,23-24,36,38H,4-5,7,10,13-18,21-22,25H2,1-3H3/b35-26+/t36-,38+,42-/m0/s1. The van der Waals surface area contributed by atoms with E-state index < -0.39 is 6.04 Å². The number of hydrogen-bond acceptors (Lipinski definition) is 7. The third kappa shape index (κ3) is 7.12. The molecule has 9 nitrogen and oxygen atoms in total. The molecule has 2 bridgehead atoms. The largest absolute Gasteiger partial charge is 0.327 e. The Morgan fingerprint density at radius 1 is 0.904 bits per heavy atom. The van der Waals surface area contributed by atoms with Crippen LogP contribution in [0.15, 0.2) is 60.7 Å². The Balaban J connectivity index is 1.23. The van der Waals surface area contributed by atoms with E-state index in [1.807, 2.05) is 43.3 Å². The van der Waals surface area contributed by atoms with Gasteiger partial charge < -0.3 is 4.90 Å². The fourth-order valence-corrected chi connectivity index (χ4v) is 8.45. The van der Waals surface area contributed by atoms with E-state index in [9.17, 15) is 19.2 Å². The molecule has 0 unspecified atom stereocenters. The van der Waals surface area contributed by atoms with Crippen LogP contribution in [0.25, 0.3) is 27.6 Å². The van der Waals surface area contributed by atoms with Gasteiger partial charge in [-0.1, -0.05) is 43.2 Å². The summed E-state index contributed by atoms with van der Waals surface area (Å²) in [6.45, 7) is 4.89. The first-order valence-electron chi connectivity index (χ1n) is 18.6. The average molecular weight is 704 g/mol. The van der Waals surface area contributed by atoms with E-state index in [0.29, 0.717) is 48.9 Å². The fraction of sp³-hybridized carbons (Fsp3) is 0.452. The number of benzene rings is 2. The molecule has 3 aliphatic rings. The zero-order chi connectivity index (χ0) is 36.6. The van der Waals surface area contributed by atoms with Crippen LogP contribution in [0.3, 0.4) is 0 Å². The van der Waals surface area contributed by atoms with Gasteiger partial charge in [-0.05, 0) is 92.2 Å². The number of ketones is 3. The Bertz CT molecular complexity index is 2070. The Hall–Kier alpha value is -4.86. The van der Waals surface area contributed by atoms with Crippen molar-refractivity contribution in [3.63, 3.8) is 0 Å². The van der Waals surface area contributed by atoms with Crippen molar-refractivity contribution >= 4 is 39.7 Å². The smallest absolute Gasteiger partial charge is 0.245 e. The molecule has 7 rings (SSSR count). The number of rotatable bonds is 7. The molecule has 2 aromatic carbocycles. The van der Waals surface area contributed by atoms with Crippen LogP contribution in [0.1, 0.15) is 112 Å². The molecule has 1 amide bonds. The lowest BCUT2D eigenvalue weighted by atomic mass is 9.90. The maximum atomic E-state index is 15.4. The summed E-state index contributed by atoms with van der Waals surface area (Å²) in [6, 6.07) is 12.4. The molecule has 10 heteroatoms. The quantitative estimate of drug-likeness (QED) is 0.179. The lowest BCUT2D eigenvalue weighted by Gasteiger charge is -2.27. The molecule has 2 aliphatic heterocycles. The first-order chi connectivity index (χ1) is 25.0. The summed E-state index contributed by atoms with van der Waals surface area (Å²) < 4.78 is 17.0. The van der Waals surface area contributed by atoms with Gasteiger partial charge in [0.1, 0.15) is 29.7 Å². The van der Waals surface area contributed by atoms with Gasteiger partial charge in [0.15, 0.2) is 11.6 Å². The van der Waals surface area contributed by atoms with Gasteiger partial charge in [0.25, 0.3) is 0 Å². The Labute approximate surface area is 303 Å². The fourth-order valence-electron chi connectivity index (χ4n) is 8.45. The Kier molecular flexibility index (Phi) is 10.0. The van der Waals surface area contributed by atoms with E-state index in [-0.39, 0.29) is 65.6 Å². The van der Waals surface area contributed by atoms with Crippen LogP contribution in [-0.2, 0) is 27.3 Å². The molecule has 1 saturated carbocycles. The maximum Gasteiger partial charge on any atom is 0.245 e. The Morgan fingerprint density at radius 2 is 1.63 bits per heavy atom. The first kappa shape index (κ1) is 35.5. The predicted octanol–water partition coefficient (Wildman–Crippen LogP) is 7.97. The molecule has 4 aromatic rings. The van der Waals surface area contributed by atoms with Gasteiger partial charge in [-0.25, -0.2) is 14.4 Å². The lowest BCUT2D eigenvalue weighted by molar-refractivity contribution is -0.139.